The third kappa shape index (κ3) is 11.2. The molecule has 0 aromatic heterocycles. The number of rotatable bonds is 1. The summed E-state index contributed by atoms with van der Waals surface area (Å²) in [5.41, 5.74) is 0. The molecule has 0 amide bonds. The smallest absolute Gasteiger partial charge is 0.0359 e. The average Bonchev–Trinajstić information content (AvgIpc) is 1.37. The molecule has 0 N–H and O–H groups in total. The molecule has 0 spiro atoms. The van der Waals surface area contributed by atoms with Gasteiger partial charge in [0.05, 0.1) is 0 Å². The molecule has 0 aromatic rings. The van der Waals surface area contributed by atoms with E-state index in [1.807, 2.05) is 0 Å². The number of alkyl halides is 2. The predicted octanol–water partition coefficient (Wildman–Crippen LogP) is 1.52. The third-order valence-electron chi connectivity index (χ3n) is 0.0714. The molecule has 0 nitrogen and oxygen atoms in total. The minimum absolute atomic E-state index is 0. The summed E-state index contributed by atoms with van der Waals surface area (Å²) in [6.07, 6.45) is 0. The van der Waals surface area contributed by atoms with E-state index in [-0.39, 0.29) is 9.90 Å². The molecule has 0 aliphatic rings. The first kappa shape index (κ1) is 9.38. The fourth-order valence-corrected chi connectivity index (χ4v) is 0. The Bertz CT molecular complexity index is 9.61. The minimum atomic E-state index is 0. The van der Waals surface area contributed by atoms with Crippen molar-refractivity contribution in [3.63, 3.8) is 0 Å². The maximum absolute atomic E-state index is 5.05. The molecule has 1 atom stereocenters. The van der Waals surface area contributed by atoms with Gasteiger partial charge in [0.15, 0.2) is 0 Å². The summed E-state index contributed by atoms with van der Waals surface area (Å²) in [7, 11) is 0. The lowest BCUT2D eigenvalue weighted by Crippen LogP contribution is -1.63. The molecule has 5 heavy (non-hydrogen) atoms. The first-order valence-electron chi connectivity index (χ1n) is 1.03. The third-order valence-corrected chi connectivity index (χ3v) is 0.643. The molecular weight excluding hydrogens is 126 g/mol. The van der Waals surface area contributed by atoms with Gasteiger partial charge in [0.1, 0.15) is 0 Å². The van der Waals surface area contributed by atoms with Crippen molar-refractivity contribution in [1.82, 2.24) is 0 Å². The van der Waals surface area contributed by atoms with Crippen molar-refractivity contribution >= 4 is 33.1 Å². The Hall–Kier alpha value is 1.01. The van der Waals surface area contributed by atoms with E-state index in [4.69, 9.17) is 23.2 Å². The monoisotopic (exact) mass is 132 g/mol. The van der Waals surface area contributed by atoms with Gasteiger partial charge < -0.3 is 0 Å². The summed E-state index contributed by atoms with van der Waals surface area (Å²) < 4.78 is 0. The summed E-state index contributed by atoms with van der Waals surface area (Å²) >= 11 is 10.1. The number of hydrogen-bond acceptors (Lipinski definition) is 0. The van der Waals surface area contributed by atoms with Crippen molar-refractivity contribution in [2.75, 3.05) is 11.8 Å². The van der Waals surface area contributed by atoms with Crippen LogP contribution in [0.4, 0.5) is 0 Å². The van der Waals surface area contributed by atoms with Crippen LogP contribution >= 0.6 is 33.1 Å². The molecule has 0 rings (SSSR count). The first-order valence-corrected chi connectivity index (χ1v) is 2.10. The topological polar surface area (TPSA) is 0 Å². The van der Waals surface area contributed by atoms with E-state index in [2.05, 4.69) is 0 Å². The number of halogens is 2. The van der Waals surface area contributed by atoms with Crippen LogP contribution in [0.5, 0.6) is 0 Å². The second-order valence-corrected chi connectivity index (χ2v) is 1.13. The molecule has 0 radical (unpaired) electrons. The van der Waals surface area contributed by atoms with E-state index in [0.717, 1.165) is 0 Å². The molecule has 0 aliphatic carbocycles. The number of hydrogen-bond donors (Lipinski definition) is 0. The van der Waals surface area contributed by atoms with E-state index < -0.39 is 0 Å². The molecule has 0 saturated heterocycles. The van der Waals surface area contributed by atoms with Gasteiger partial charge in [0, 0.05) is 11.8 Å². The van der Waals surface area contributed by atoms with Crippen LogP contribution in [0.2, 0.25) is 0 Å². The van der Waals surface area contributed by atoms with Gasteiger partial charge in [0.2, 0.25) is 0 Å². The highest BCUT2D eigenvalue weighted by atomic mass is 35.5. The summed E-state index contributed by atoms with van der Waals surface area (Å²) in [4.78, 5) is 0. The lowest BCUT2D eigenvalue weighted by Gasteiger charge is -1.63. The fourth-order valence-electron chi connectivity index (χ4n) is 0. The normalized spacial score (nSPS) is 6.00. The van der Waals surface area contributed by atoms with Crippen LogP contribution < -0.4 is 0 Å². The lowest BCUT2D eigenvalue weighted by molar-refractivity contribution is 1.52. The minimum Gasteiger partial charge on any atom is -0.153 e. The molecule has 34 valence electrons. The van der Waals surface area contributed by atoms with Crippen LogP contribution in [0.25, 0.3) is 0 Å². The standard InChI is InChI=1S/C2H4Cl2.H3P/c3-1-2-4;/h1-2H2;1H3. The maximum Gasteiger partial charge on any atom is 0.0359 e. The molecule has 3 heteroatoms. The van der Waals surface area contributed by atoms with Gasteiger partial charge in [-0.15, -0.1) is 23.2 Å². The van der Waals surface area contributed by atoms with E-state index in [9.17, 15) is 0 Å². The van der Waals surface area contributed by atoms with Gasteiger partial charge in [0.25, 0.3) is 0 Å². The van der Waals surface area contributed by atoms with Gasteiger partial charge in [-0.05, 0) is 0 Å². The molecule has 0 heterocycles. The summed E-state index contributed by atoms with van der Waals surface area (Å²) in [6.45, 7) is 0. The maximum atomic E-state index is 5.05. The van der Waals surface area contributed by atoms with E-state index in [1.54, 1.807) is 0 Å². The van der Waals surface area contributed by atoms with Crippen molar-refractivity contribution in [2.24, 2.45) is 0 Å². The Morgan fingerprint density at radius 3 is 1.20 bits per heavy atom. The van der Waals surface area contributed by atoms with Crippen LogP contribution in [0.15, 0.2) is 0 Å². The second-order valence-electron chi connectivity index (χ2n) is 0.378. The van der Waals surface area contributed by atoms with E-state index in [0.29, 0.717) is 11.8 Å². The lowest BCUT2D eigenvalue weighted by atomic mass is 11.0. The average molecular weight is 133 g/mol. The van der Waals surface area contributed by atoms with E-state index >= 15 is 0 Å². The van der Waals surface area contributed by atoms with Gasteiger partial charge in [-0.25, -0.2) is 0 Å². The molecular formula is C2H7Cl2P. The highest BCUT2D eigenvalue weighted by molar-refractivity contribution is 6.92. The Labute approximate surface area is 45.5 Å². The Morgan fingerprint density at radius 2 is 1.20 bits per heavy atom. The van der Waals surface area contributed by atoms with Crippen molar-refractivity contribution in [1.29, 1.82) is 0 Å². The predicted molar refractivity (Wildman–Crippen MR) is 32.5 cm³/mol. The summed E-state index contributed by atoms with van der Waals surface area (Å²) in [5.74, 6) is 1.11. The summed E-state index contributed by atoms with van der Waals surface area (Å²) in [6, 6.07) is 0. The van der Waals surface area contributed by atoms with Gasteiger partial charge in [-0.2, -0.15) is 9.90 Å². The highest BCUT2D eigenvalue weighted by Gasteiger charge is 1.61. The largest absolute Gasteiger partial charge is 0.153 e. The molecule has 0 bridgehead atoms. The fraction of sp³-hybridized carbons (Fsp3) is 1.00. The SMILES string of the molecule is ClCCCl.P. The van der Waals surface area contributed by atoms with Crippen LogP contribution in [-0.4, -0.2) is 11.8 Å². The van der Waals surface area contributed by atoms with Crippen LogP contribution in [0, 0.1) is 0 Å². The molecule has 0 saturated carbocycles. The van der Waals surface area contributed by atoms with Crippen LogP contribution in [0.3, 0.4) is 0 Å². The Kier molecular flexibility index (Phi) is 16.7. The van der Waals surface area contributed by atoms with Crippen LogP contribution in [-0.2, 0) is 0 Å². The molecule has 0 aromatic carbocycles. The van der Waals surface area contributed by atoms with Gasteiger partial charge >= 0.3 is 0 Å². The first-order chi connectivity index (χ1) is 1.91. The van der Waals surface area contributed by atoms with Crippen LogP contribution in [0.1, 0.15) is 0 Å². The quantitative estimate of drug-likeness (QED) is 0.375. The Balaban J connectivity index is 0. The second kappa shape index (κ2) is 8.89. The zero-order valence-corrected chi connectivity index (χ0v) is 5.80. The van der Waals surface area contributed by atoms with Crippen molar-refractivity contribution in [2.45, 2.75) is 0 Å². The van der Waals surface area contributed by atoms with E-state index in [1.165, 1.54) is 0 Å². The highest BCUT2D eigenvalue weighted by Crippen LogP contribution is 1.75. The van der Waals surface area contributed by atoms with Gasteiger partial charge in [-0.1, -0.05) is 0 Å². The van der Waals surface area contributed by atoms with Crippen molar-refractivity contribution in [3.05, 3.63) is 0 Å². The zero-order valence-electron chi connectivity index (χ0n) is 2.88. The molecule has 0 fully saturated rings. The molecule has 0 aliphatic heterocycles. The van der Waals surface area contributed by atoms with Crippen molar-refractivity contribution < 1.29 is 0 Å². The Morgan fingerprint density at radius 1 is 1.00 bits per heavy atom. The summed E-state index contributed by atoms with van der Waals surface area (Å²) in [5, 5.41) is 0. The van der Waals surface area contributed by atoms with Crippen molar-refractivity contribution in [3.8, 4) is 0 Å². The van der Waals surface area contributed by atoms with Gasteiger partial charge in [-0.3, -0.25) is 0 Å². The molecule has 1 unspecified atom stereocenters. The zero-order chi connectivity index (χ0) is 3.41.